The fourth-order valence-corrected chi connectivity index (χ4v) is 2.61. The number of rotatable bonds is 5. The van der Waals surface area contributed by atoms with E-state index >= 15 is 0 Å². The highest BCUT2D eigenvalue weighted by molar-refractivity contribution is 7.12. The van der Waals surface area contributed by atoms with Crippen molar-refractivity contribution >= 4 is 11.3 Å². The molecule has 0 aliphatic carbocycles. The molecule has 0 amide bonds. The molecule has 0 saturated carbocycles. The lowest BCUT2D eigenvalue weighted by atomic mass is 10.1. The molecule has 0 bridgehead atoms. The summed E-state index contributed by atoms with van der Waals surface area (Å²) in [6, 6.07) is 10.0. The molecule has 0 spiro atoms. The Hall–Kier alpha value is -1.90. The fourth-order valence-electron chi connectivity index (χ4n) is 1.72. The second kappa shape index (κ2) is 6.32. The Morgan fingerprint density at radius 3 is 2.58 bits per heavy atom. The highest BCUT2D eigenvalue weighted by Crippen LogP contribution is 2.22. The molecule has 1 heterocycles. The van der Waals surface area contributed by atoms with Gasteiger partial charge in [-0.15, -0.1) is 11.3 Å². The molecular weight excluding hydrogens is 260 g/mol. The van der Waals surface area contributed by atoms with E-state index in [9.17, 15) is 0 Å². The highest BCUT2D eigenvalue weighted by Gasteiger charge is 2.11. The van der Waals surface area contributed by atoms with Crippen molar-refractivity contribution in [2.24, 2.45) is 0 Å². The lowest BCUT2D eigenvalue weighted by Crippen LogP contribution is -1.92. The summed E-state index contributed by atoms with van der Waals surface area (Å²) in [6.07, 6.45) is 0.715. The first-order chi connectivity index (χ1) is 9.26. The minimum atomic E-state index is 0.377. The quantitative estimate of drug-likeness (QED) is 0.841. The summed E-state index contributed by atoms with van der Waals surface area (Å²) in [7, 11) is 3.25. The monoisotopic (exact) mass is 274 g/mol. The van der Waals surface area contributed by atoms with Gasteiger partial charge in [-0.05, 0) is 17.7 Å². The van der Waals surface area contributed by atoms with Crippen molar-refractivity contribution in [1.82, 2.24) is 4.98 Å². The molecule has 4 nitrogen and oxygen atoms in total. The van der Waals surface area contributed by atoms with Crippen molar-refractivity contribution in [3.8, 4) is 11.8 Å². The number of hydrogen-bond donors (Lipinski definition) is 0. The van der Waals surface area contributed by atoms with Crippen LogP contribution >= 0.6 is 11.3 Å². The van der Waals surface area contributed by atoms with Crippen molar-refractivity contribution < 1.29 is 9.47 Å². The second-order valence-electron chi connectivity index (χ2n) is 3.95. The zero-order chi connectivity index (χ0) is 13.7. The molecule has 5 heteroatoms. The Morgan fingerprint density at radius 1 is 1.26 bits per heavy atom. The highest BCUT2D eigenvalue weighted by atomic mass is 32.1. The molecule has 1 aromatic carbocycles. The van der Waals surface area contributed by atoms with Crippen molar-refractivity contribution in [3.63, 3.8) is 0 Å². The van der Waals surface area contributed by atoms with Gasteiger partial charge in [0.15, 0.2) is 0 Å². The van der Waals surface area contributed by atoms with Crippen LogP contribution in [0.2, 0.25) is 0 Å². The van der Waals surface area contributed by atoms with Crippen LogP contribution in [0.25, 0.3) is 0 Å². The molecule has 2 aromatic rings. The van der Waals surface area contributed by atoms with Gasteiger partial charge in [0.1, 0.15) is 16.7 Å². The van der Waals surface area contributed by atoms with Gasteiger partial charge in [0.05, 0.1) is 24.4 Å². The van der Waals surface area contributed by atoms with Crippen LogP contribution in [0.1, 0.15) is 21.1 Å². The van der Waals surface area contributed by atoms with Crippen molar-refractivity contribution in [3.05, 3.63) is 45.4 Å². The van der Waals surface area contributed by atoms with Crippen LogP contribution in [-0.4, -0.2) is 19.2 Å². The first-order valence-electron chi connectivity index (χ1n) is 5.77. The largest absolute Gasteiger partial charge is 0.497 e. The molecule has 0 unspecified atom stereocenters. The summed E-state index contributed by atoms with van der Waals surface area (Å²) in [4.78, 5) is 5.08. The lowest BCUT2D eigenvalue weighted by molar-refractivity contribution is 0.181. The Morgan fingerprint density at radius 2 is 2.00 bits per heavy atom. The molecule has 0 fully saturated rings. The molecule has 0 N–H and O–H groups in total. The van der Waals surface area contributed by atoms with Gasteiger partial charge in [0, 0.05) is 13.5 Å². The van der Waals surface area contributed by atoms with Gasteiger partial charge >= 0.3 is 0 Å². The smallest absolute Gasteiger partial charge is 0.130 e. The van der Waals surface area contributed by atoms with Gasteiger partial charge in [-0.3, -0.25) is 0 Å². The van der Waals surface area contributed by atoms with E-state index in [0.717, 1.165) is 22.0 Å². The van der Waals surface area contributed by atoms with E-state index in [1.165, 1.54) is 11.3 Å². The number of hydrogen-bond acceptors (Lipinski definition) is 5. The van der Waals surface area contributed by atoms with Crippen LogP contribution < -0.4 is 4.74 Å². The topological polar surface area (TPSA) is 55.1 Å². The first kappa shape index (κ1) is 13.5. The summed E-state index contributed by atoms with van der Waals surface area (Å²) in [5, 5.41) is 9.97. The number of nitriles is 1. The summed E-state index contributed by atoms with van der Waals surface area (Å²) in [5.74, 6) is 0.834. The Labute approximate surface area is 116 Å². The Bertz CT molecular complexity index is 584. The SMILES string of the molecule is COCc1nc(Cc2ccc(OC)cc2)sc1C#N. The van der Waals surface area contributed by atoms with Crippen LogP contribution in [0.3, 0.4) is 0 Å². The van der Waals surface area contributed by atoms with Crippen LogP contribution in [0.5, 0.6) is 5.75 Å². The van der Waals surface area contributed by atoms with Crippen LogP contribution in [0.15, 0.2) is 24.3 Å². The standard InChI is InChI=1S/C14H14N2O2S/c1-17-9-12-13(8-15)19-14(16-12)7-10-3-5-11(18-2)6-4-10/h3-6H,7,9H2,1-2H3. The molecule has 2 rings (SSSR count). The molecule has 98 valence electrons. The Kier molecular flexibility index (Phi) is 4.50. The summed E-state index contributed by atoms with van der Waals surface area (Å²) >= 11 is 1.42. The number of thiazole rings is 1. The number of aromatic nitrogens is 1. The molecule has 1 aromatic heterocycles. The summed E-state index contributed by atoms with van der Waals surface area (Å²) in [6.45, 7) is 0.377. The maximum Gasteiger partial charge on any atom is 0.130 e. The maximum atomic E-state index is 9.04. The molecular formula is C14H14N2O2S. The summed E-state index contributed by atoms with van der Waals surface area (Å²) < 4.78 is 10.2. The van der Waals surface area contributed by atoms with Crippen LogP contribution in [0, 0.1) is 11.3 Å². The van der Waals surface area contributed by atoms with Crippen molar-refractivity contribution in [2.45, 2.75) is 13.0 Å². The Balaban J connectivity index is 2.16. The zero-order valence-electron chi connectivity index (χ0n) is 10.8. The van der Waals surface area contributed by atoms with Crippen molar-refractivity contribution in [1.29, 1.82) is 5.26 Å². The average molecular weight is 274 g/mol. The molecule has 0 radical (unpaired) electrons. The van der Waals surface area contributed by atoms with Crippen LogP contribution in [0.4, 0.5) is 0 Å². The van der Waals surface area contributed by atoms with E-state index in [0.29, 0.717) is 17.9 Å². The number of benzene rings is 1. The van der Waals surface area contributed by atoms with Gasteiger partial charge in [-0.1, -0.05) is 12.1 Å². The normalized spacial score (nSPS) is 10.2. The van der Waals surface area contributed by atoms with E-state index < -0.39 is 0 Å². The number of methoxy groups -OCH3 is 2. The third-order valence-corrected chi connectivity index (χ3v) is 3.64. The minimum absolute atomic E-state index is 0.377. The molecule has 0 aliphatic heterocycles. The first-order valence-corrected chi connectivity index (χ1v) is 6.59. The lowest BCUT2D eigenvalue weighted by Gasteiger charge is -2.01. The maximum absolute atomic E-state index is 9.04. The third kappa shape index (κ3) is 3.31. The van der Waals surface area contributed by atoms with E-state index in [2.05, 4.69) is 11.1 Å². The molecule has 19 heavy (non-hydrogen) atoms. The van der Waals surface area contributed by atoms with Gasteiger partial charge < -0.3 is 9.47 Å². The number of nitrogens with zero attached hydrogens (tertiary/aromatic N) is 2. The zero-order valence-corrected chi connectivity index (χ0v) is 11.7. The van der Waals surface area contributed by atoms with Crippen molar-refractivity contribution in [2.75, 3.05) is 14.2 Å². The van der Waals surface area contributed by atoms with E-state index in [1.54, 1.807) is 14.2 Å². The predicted molar refractivity (Wildman–Crippen MR) is 73.3 cm³/mol. The van der Waals surface area contributed by atoms with Gasteiger partial charge in [-0.25, -0.2) is 4.98 Å². The van der Waals surface area contributed by atoms with Gasteiger partial charge in [0.2, 0.25) is 0 Å². The molecule has 0 atom stereocenters. The van der Waals surface area contributed by atoms with Gasteiger partial charge in [-0.2, -0.15) is 5.26 Å². The minimum Gasteiger partial charge on any atom is -0.497 e. The average Bonchev–Trinajstić information content (AvgIpc) is 2.82. The van der Waals surface area contributed by atoms with Crippen LogP contribution in [-0.2, 0) is 17.8 Å². The predicted octanol–water partition coefficient (Wildman–Crippen LogP) is 2.76. The van der Waals surface area contributed by atoms with E-state index in [-0.39, 0.29) is 0 Å². The summed E-state index contributed by atoms with van der Waals surface area (Å²) in [5.41, 5.74) is 1.86. The van der Waals surface area contributed by atoms with Gasteiger partial charge in [0.25, 0.3) is 0 Å². The third-order valence-electron chi connectivity index (χ3n) is 2.64. The van der Waals surface area contributed by atoms with E-state index in [1.807, 2.05) is 24.3 Å². The fraction of sp³-hybridized carbons (Fsp3) is 0.286. The number of ether oxygens (including phenoxy) is 2. The molecule has 0 aliphatic rings. The molecule has 0 saturated heterocycles. The van der Waals surface area contributed by atoms with E-state index in [4.69, 9.17) is 14.7 Å². The second-order valence-corrected chi connectivity index (χ2v) is 5.04.